The van der Waals surface area contributed by atoms with Gasteiger partial charge < -0.3 is 14.2 Å². The number of ether oxygens (including phenoxy) is 3. The van der Waals surface area contributed by atoms with Crippen molar-refractivity contribution in [1.82, 2.24) is 0 Å². The molecule has 1 aliphatic rings. The summed E-state index contributed by atoms with van der Waals surface area (Å²) in [4.78, 5) is 22.2. The van der Waals surface area contributed by atoms with Crippen LogP contribution in [0.15, 0.2) is 21.8 Å². The van der Waals surface area contributed by atoms with Gasteiger partial charge >= 0.3 is 11.9 Å². The summed E-state index contributed by atoms with van der Waals surface area (Å²) in [5.41, 5.74) is 0. The fraction of sp³-hybridized carbons (Fsp3) is 0.455. The molecular formula is C11H13IO5. The maximum Gasteiger partial charge on any atom is 0.305 e. The molecule has 0 saturated heterocycles. The van der Waals surface area contributed by atoms with Crippen LogP contribution in [0.4, 0.5) is 0 Å². The molecule has 0 aromatic rings. The molecule has 0 aromatic heterocycles. The number of methoxy groups -OCH3 is 1. The first-order valence-electron chi connectivity index (χ1n) is 4.89. The second kappa shape index (κ2) is 5.63. The highest BCUT2D eigenvalue weighted by molar-refractivity contribution is 14.1. The highest BCUT2D eigenvalue weighted by Crippen LogP contribution is 2.36. The molecule has 0 spiro atoms. The third-order valence-electron chi connectivity index (χ3n) is 2.13. The van der Waals surface area contributed by atoms with Crippen molar-refractivity contribution < 1.29 is 23.8 Å². The highest BCUT2D eigenvalue weighted by atomic mass is 127. The third-order valence-corrected chi connectivity index (χ3v) is 3.24. The van der Waals surface area contributed by atoms with Crippen LogP contribution in [0.25, 0.3) is 0 Å². The van der Waals surface area contributed by atoms with E-state index in [1.54, 1.807) is 18.2 Å². The van der Waals surface area contributed by atoms with E-state index in [0.717, 1.165) is 0 Å². The monoisotopic (exact) mass is 352 g/mol. The van der Waals surface area contributed by atoms with E-state index in [2.05, 4.69) is 0 Å². The molecule has 94 valence electrons. The van der Waals surface area contributed by atoms with Crippen molar-refractivity contribution in [3.8, 4) is 0 Å². The standard InChI is InChI=1S/C11H13IO5/c1-7(13)16-10-6-4-5-9(12)11(10,15-3)17-8(2)14/h4-6,10H,1-3H3. The van der Waals surface area contributed by atoms with Gasteiger partial charge in [-0.05, 0) is 34.7 Å². The number of rotatable bonds is 3. The van der Waals surface area contributed by atoms with Crippen LogP contribution in [0.3, 0.4) is 0 Å². The van der Waals surface area contributed by atoms with E-state index in [1.165, 1.54) is 21.0 Å². The Kier molecular flexibility index (Phi) is 4.70. The van der Waals surface area contributed by atoms with Crippen LogP contribution in [0.5, 0.6) is 0 Å². The lowest BCUT2D eigenvalue weighted by Crippen LogP contribution is -2.50. The van der Waals surface area contributed by atoms with Gasteiger partial charge in [-0.1, -0.05) is 6.08 Å². The third kappa shape index (κ3) is 3.06. The number of carbonyl (C=O) groups is 2. The first-order chi connectivity index (χ1) is 7.92. The molecule has 2 unspecified atom stereocenters. The minimum absolute atomic E-state index is 0.473. The molecule has 17 heavy (non-hydrogen) atoms. The van der Waals surface area contributed by atoms with Gasteiger partial charge in [-0.3, -0.25) is 9.59 Å². The van der Waals surface area contributed by atoms with E-state index in [-0.39, 0.29) is 0 Å². The van der Waals surface area contributed by atoms with Crippen molar-refractivity contribution in [1.29, 1.82) is 0 Å². The first-order valence-corrected chi connectivity index (χ1v) is 5.96. The Bertz CT molecular complexity index is 387. The quantitative estimate of drug-likeness (QED) is 0.440. The molecule has 2 atom stereocenters. The van der Waals surface area contributed by atoms with Crippen LogP contribution >= 0.6 is 22.6 Å². The molecule has 0 N–H and O–H groups in total. The first kappa shape index (κ1) is 14.2. The molecule has 0 aliphatic heterocycles. The summed E-state index contributed by atoms with van der Waals surface area (Å²) in [7, 11) is 1.39. The average molecular weight is 352 g/mol. The second-order valence-electron chi connectivity index (χ2n) is 3.39. The molecule has 0 heterocycles. The van der Waals surface area contributed by atoms with Gasteiger partial charge in [-0.2, -0.15) is 0 Å². The summed E-state index contributed by atoms with van der Waals surface area (Å²) in [6, 6.07) is 0. The van der Waals surface area contributed by atoms with E-state index < -0.39 is 23.8 Å². The molecule has 6 heteroatoms. The Morgan fingerprint density at radius 2 is 2.00 bits per heavy atom. The molecule has 1 aliphatic carbocycles. The van der Waals surface area contributed by atoms with E-state index in [1.807, 2.05) is 22.6 Å². The van der Waals surface area contributed by atoms with Crippen molar-refractivity contribution in [3.63, 3.8) is 0 Å². The van der Waals surface area contributed by atoms with E-state index in [0.29, 0.717) is 3.58 Å². The molecule has 1 rings (SSSR count). The van der Waals surface area contributed by atoms with Gasteiger partial charge in [0, 0.05) is 21.0 Å². The number of hydrogen-bond acceptors (Lipinski definition) is 5. The molecule has 0 aromatic carbocycles. The summed E-state index contributed by atoms with van der Waals surface area (Å²) < 4.78 is 16.2. The van der Waals surface area contributed by atoms with E-state index in [4.69, 9.17) is 14.2 Å². The maximum atomic E-state index is 11.2. The van der Waals surface area contributed by atoms with Gasteiger partial charge in [0.05, 0.1) is 3.58 Å². The summed E-state index contributed by atoms with van der Waals surface area (Å²) in [6.07, 6.45) is 4.27. The Labute approximate surface area is 113 Å². The van der Waals surface area contributed by atoms with Crippen molar-refractivity contribution >= 4 is 34.5 Å². The zero-order chi connectivity index (χ0) is 13.1. The van der Waals surface area contributed by atoms with E-state index in [9.17, 15) is 9.59 Å². The Hall–Kier alpha value is -0.890. The lowest BCUT2D eigenvalue weighted by atomic mass is 10.0. The second-order valence-corrected chi connectivity index (χ2v) is 4.56. The summed E-state index contributed by atoms with van der Waals surface area (Å²) in [5, 5.41) is 0. The number of carbonyl (C=O) groups excluding carboxylic acids is 2. The summed E-state index contributed by atoms with van der Waals surface area (Å²) in [5.74, 6) is -2.37. The van der Waals surface area contributed by atoms with Crippen LogP contribution < -0.4 is 0 Å². The normalized spacial score (nSPS) is 27.3. The zero-order valence-electron chi connectivity index (χ0n) is 9.73. The lowest BCUT2D eigenvalue weighted by molar-refractivity contribution is -0.233. The molecule has 0 amide bonds. The van der Waals surface area contributed by atoms with Gasteiger partial charge in [0.15, 0.2) is 6.10 Å². The topological polar surface area (TPSA) is 61.8 Å². The number of allylic oxidation sites excluding steroid dienone is 2. The van der Waals surface area contributed by atoms with Crippen LogP contribution in [-0.2, 0) is 23.8 Å². The fourth-order valence-electron chi connectivity index (χ4n) is 1.49. The smallest absolute Gasteiger partial charge is 0.305 e. The van der Waals surface area contributed by atoms with Gasteiger partial charge in [0.1, 0.15) is 0 Å². The SMILES string of the molecule is COC1(OC(C)=O)C(I)=CC=CC1OC(C)=O. The van der Waals surface area contributed by atoms with E-state index >= 15 is 0 Å². The summed E-state index contributed by atoms with van der Waals surface area (Å²) >= 11 is 1.98. The Morgan fingerprint density at radius 3 is 2.47 bits per heavy atom. The van der Waals surface area contributed by atoms with Crippen LogP contribution in [-0.4, -0.2) is 30.9 Å². The molecule has 5 nitrogen and oxygen atoms in total. The van der Waals surface area contributed by atoms with Gasteiger partial charge in [-0.15, -0.1) is 0 Å². The van der Waals surface area contributed by atoms with Crippen molar-refractivity contribution in [2.45, 2.75) is 25.7 Å². The van der Waals surface area contributed by atoms with Gasteiger partial charge in [0.25, 0.3) is 5.79 Å². The van der Waals surface area contributed by atoms with Gasteiger partial charge in [0.2, 0.25) is 0 Å². The number of esters is 2. The summed E-state index contributed by atoms with van der Waals surface area (Å²) in [6.45, 7) is 2.56. The fourth-order valence-corrected chi connectivity index (χ4v) is 2.34. The van der Waals surface area contributed by atoms with Crippen molar-refractivity contribution in [3.05, 3.63) is 21.8 Å². The van der Waals surface area contributed by atoms with Gasteiger partial charge in [-0.25, -0.2) is 0 Å². The Balaban J connectivity index is 3.08. The number of halogens is 1. The lowest BCUT2D eigenvalue weighted by Gasteiger charge is -2.37. The van der Waals surface area contributed by atoms with Crippen LogP contribution in [0, 0.1) is 0 Å². The zero-order valence-corrected chi connectivity index (χ0v) is 11.9. The average Bonchev–Trinajstić information content (AvgIpc) is 2.22. The van der Waals surface area contributed by atoms with Crippen molar-refractivity contribution in [2.75, 3.05) is 7.11 Å². The molecular weight excluding hydrogens is 339 g/mol. The maximum absolute atomic E-state index is 11.2. The Morgan fingerprint density at radius 1 is 1.35 bits per heavy atom. The molecule has 0 radical (unpaired) electrons. The highest BCUT2D eigenvalue weighted by Gasteiger charge is 2.47. The minimum atomic E-state index is -1.38. The molecule has 0 saturated carbocycles. The predicted octanol–water partition coefficient (Wildman–Crippen LogP) is 1.71. The molecule has 0 bridgehead atoms. The largest absolute Gasteiger partial charge is 0.451 e. The van der Waals surface area contributed by atoms with Crippen LogP contribution in [0.2, 0.25) is 0 Å². The van der Waals surface area contributed by atoms with Crippen LogP contribution in [0.1, 0.15) is 13.8 Å². The predicted molar refractivity (Wildman–Crippen MR) is 68.3 cm³/mol. The molecule has 0 fully saturated rings. The minimum Gasteiger partial charge on any atom is -0.451 e. The number of hydrogen-bond donors (Lipinski definition) is 0. The van der Waals surface area contributed by atoms with Crippen molar-refractivity contribution in [2.24, 2.45) is 0 Å².